The lowest BCUT2D eigenvalue weighted by molar-refractivity contribution is 0.0955. The number of carbonyl (C=O) groups is 1. The maximum absolute atomic E-state index is 15.0. The third kappa shape index (κ3) is 5.58. The Bertz CT molecular complexity index is 1840. The first-order valence-corrected chi connectivity index (χ1v) is 15.6. The quantitative estimate of drug-likeness (QED) is 0.235. The standard InChI is InChI=1S/C28H32FN9O4S/c1-34-24-22-17-20(23-4-3-14-42-23)33-38(22)27(30)32-25(24)37(28(34)40)13-10-35-8-11-36(12-9-35)21-6-5-18(16-19(21)29)26(39)31-7-15-43(2)41/h3-6,14,16-17H,7-13,15H2,1-2H3,(H2,30,32)(H,31,39)/t43-/m1/s1. The summed E-state index contributed by atoms with van der Waals surface area (Å²) in [4.78, 5) is 34.3. The van der Waals surface area contributed by atoms with E-state index >= 15 is 0 Å². The zero-order valence-electron chi connectivity index (χ0n) is 23.8. The maximum Gasteiger partial charge on any atom is 0.330 e. The number of carbonyl (C=O) groups excluding carboxylic acids is 1. The van der Waals surface area contributed by atoms with Gasteiger partial charge in [0.2, 0.25) is 5.95 Å². The molecule has 1 atom stereocenters. The van der Waals surface area contributed by atoms with E-state index in [1.807, 2.05) is 11.0 Å². The summed E-state index contributed by atoms with van der Waals surface area (Å²) in [7, 11) is 1.70. The van der Waals surface area contributed by atoms with Crippen LogP contribution in [0.25, 0.3) is 28.1 Å². The minimum Gasteiger partial charge on any atom is -0.617 e. The molecule has 1 aromatic carbocycles. The monoisotopic (exact) mass is 609 g/mol. The molecule has 1 amide bonds. The molecule has 0 radical (unpaired) electrons. The predicted octanol–water partition coefficient (Wildman–Crippen LogP) is 1.29. The molecule has 1 fully saturated rings. The van der Waals surface area contributed by atoms with Gasteiger partial charge in [0.1, 0.15) is 22.8 Å². The Morgan fingerprint density at radius 3 is 2.67 bits per heavy atom. The number of fused-ring (bicyclic) bond motifs is 3. The molecule has 226 valence electrons. The molecule has 1 aliphatic rings. The largest absolute Gasteiger partial charge is 0.617 e. The summed E-state index contributed by atoms with van der Waals surface area (Å²) in [5.74, 6) is 0.234. The number of halogens is 1. The number of furan rings is 1. The summed E-state index contributed by atoms with van der Waals surface area (Å²) in [6, 6.07) is 9.87. The molecule has 5 heterocycles. The van der Waals surface area contributed by atoms with Gasteiger partial charge in [-0.1, -0.05) is 11.2 Å². The van der Waals surface area contributed by atoms with Gasteiger partial charge in [0.05, 0.1) is 30.3 Å². The molecular formula is C28H32FN9O4S. The molecule has 15 heteroatoms. The number of amides is 1. The molecule has 1 saturated heterocycles. The van der Waals surface area contributed by atoms with Gasteiger partial charge in [-0.2, -0.15) is 14.6 Å². The lowest BCUT2D eigenvalue weighted by Crippen LogP contribution is -2.47. The molecule has 4 aromatic heterocycles. The van der Waals surface area contributed by atoms with Gasteiger partial charge in [-0.05, 0) is 36.4 Å². The van der Waals surface area contributed by atoms with E-state index in [0.717, 1.165) is 0 Å². The van der Waals surface area contributed by atoms with Crippen molar-refractivity contribution in [2.24, 2.45) is 7.05 Å². The molecule has 3 N–H and O–H groups in total. The number of hydrogen-bond acceptors (Lipinski definition) is 9. The van der Waals surface area contributed by atoms with E-state index in [1.54, 1.807) is 53.0 Å². The third-order valence-corrected chi connectivity index (χ3v) is 8.50. The van der Waals surface area contributed by atoms with E-state index in [4.69, 9.17) is 10.2 Å². The Labute approximate surface area is 248 Å². The fourth-order valence-corrected chi connectivity index (χ4v) is 5.83. The van der Waals surface area contributed by atoms with Crippen molar-refractivity contribution in [3.8, 4) is 11.5 Å². The first-order valence-electron chi connectivity index (χ1n) is 13.8. The first-order chi connectivity index (χ1) is 20.7. The lowest BCUT2D eigenvalue weighted by Gasteiger charge is -2.36. The Morgan fingerprint density at radius 1 is 1.19 bits per heavy atom. The van der Waals surface area contributed by atoms with Crippen molar-refractivity contribution < 1.29 is 18.2 Å². The third-order valence-electron chi connectivity index (χ3n) is 7.72. The summed E-state index contributed by atoms with van der Waals surface area (Å²) in [5.41, 5.74) is 9.06. The summed E-state index contributed by atoms with van der Waals surface area (Å²) < 4.78 is 36.3. The molecule has 0 unspecified atom stereocenters. The van der Waals surface area contributed by atoms with Gasteiger partial charge in [0, 0.05) is 51.9 Å². The number of nitrogens with zero attached hydrogens (tertiary/aromatic N) is 7. The summed E-state index contributed by atoms with van der Waals surface area (Å²) in [6.45, 7) is 3.79. The number of imidazole rings is 1. The van der Waals surface area contributed by atoms with Gasteiger partial charge in [0.25, 0.3) is 5.91 Å². The second-order valence-electron chi connectivity index (χ2n) is 10.5. The Morgan fingerprint density at radius 2 is 1.98 bits per heavy atom. The average Bonchev–Trinajstić information content (AvgIpc) is 3.72. The topological polar surface area (TPSA) is 155 Å². The highest BCUT2D eigenvalue weighted by Crippen LogP contribution is 2.26. The van der Waals surface area contributed by atoms with Crippen LogP contribution in [0.2, 0.25) is 0 Å². The number of benzene rings is 1. The van der Waals surface area contributed by atoms with Crippen LogP contribution in [0.3, 0.4) is 0 Å². The van der Waals surface area contributed by atoms with E-state index in [9.17, 15) is 18.5 Å². The minimum absolute atomic E-state index is 0.163. The number of aryl methyl sites for hydroxylation is 1. The molecule has 0 spiro atoms. The van der Waals surface area contributed by atoms with Crippen molar-refractivity contribution in [1.29, 1.82) is 0 Å². The van der Waals surface area contributed by atoms with Gasteiger partial charge in [0.15, 0.2) is 11.4 Å². The van der Waals surface area contributed by atoms with Gasteiger partial charge < -0.3 is 24.9 Å². The van der Waals surface area contributed by atoms with Crippen molar-refractivity contribution in [2.75, 3.05) is 61.9 Å². The highest BCUT2D eigenvalue weighted by atomic mass is 32.2. The Hall–Kier alpha value is -4.34. The first kappa shape index (κ1) is 28.8. The van der Waals surface area contributed by atoms with E-state index in [0.29, 0.717) is 78.8 Å². The maximum atomic E-state index is 15.0. The van der Waals surface area contributed by atoms with Crippen LogP contribution in [0.4, 0.5) is 16.0 Å². The summed E-state index contributed by atoms with van der Waals surface area (Å²) in [6.07, 6.45) is 3.13. The highest BCUT2D eigenvalue weighted by Gasteiger charge is 2.23. The number of anilines is 2. The zero-order valence-corrected chi connectivity index (χ0v) is 24.6. The second-order valence-corrected chi connectivity index (χ2v) is 12.0. The van der Waals surface area contributed by atoms with E-state index in [2.05, 4.69) is 20.3 Å². The number of aromatic nitrogens is 5. The number of piperazine rings is 1. The highest BCUT2D eigenvalue weighted by molar-refractivity contribution is 7.90. The second kappa shape index (κ2) is 11.7. The molecule has 0 saturated carbocycles. The molecule has 13 nitrogen and oxygen atoms in total. The molecule has 6 rings (SSSR count). The van der Waals surface area contributed by atoms with Crippen molar-refractivity contribution in [3.05, 3.63) is 64.5 Å². The van der Waals surface area contributed by atoms with Crippen molar-refractivity contribution in [3.63, 3.8) is 0 Å². The fraction of sp³-hybridized carbons (Fsp3) is 0.357. The van der Waals surface area contributed by atoms with Crippen LogP contribution >= 0.6 is 0 Å². The van der Waals surface area contributed by atoms with Crippen LogP contribution < -0.4 is 21.6 Å². The zero-order chi connectivity index (χ0) is 30.2. The van der Waals surface area contributed by atoms with E-state index in [1.165, 1.54) is 10.6 Å². The van der Waals surface area contributed by atoms with Crippen LogP contribution in [0.5, 0.6) is 0 Å². The number of rotatable bonds is 9. The molecule has 0 bridgehead atoms. The van der Waals surface area contributed by atoms with E-state index < -0.39 is 22.9 Å². The fourth-order valence-electron chi connectivity index (χ4n) is 5.44. The van der Waals surface area contributed by atoms with Gasteiger partial charge in [-0.15, -0.1) is 0 Å². The number of hydrogen-bond donors (Lipinski definition) is 2. The van der Waals surface area contributed by atoms with Crippen LogP contribution in [0.15, 0.2) is 51.9 Å². The van der Waals surface area contributed by atoms with Crippen LogP contribution in [0.1, 0.15) is 10.4 Å². The van der Waals surface area contributed by atoms with Crippen LogP contribution in [-0.2, 0) is 24.8 Å². The van der Waals surface area contributed by atoms with Crippen LogP contribution in [-0.4, -0.2) is 90.4 Å². The molecule has 0 aliphatic carbocycles. The average molecular weight is 610 g/mol. The van der Waals surface area contributed by atoms with Crippen molar-refractivity contribution in [1.82, 2.24) is 33.9 Å². The normalized spacial score (nSPS) is 15.0. The van der Waals surface area contributed by atoms with Crippen molar-refractivity contribution in [2.45, 2.75) is 6.54 Å². The minimum atomic E-state index is -1.01. The number of nitrogen functional groups attached to an aromatic ring is 1. The molecule has 5 aromatic rings. The SMILES string of the molecule is Cn1c(=O)n(CCN2CCN(c3ccc(C(=O)NCC[S@@+](C)[O-])cc3F)CC2)c2nc(N)n3nc(-c4ccco4)cc3c21. The molecule has 43 heavy (non-hydrogen) atoms. The van der Waals surface area contributed by atoms with Crippen LogP contribution in [0, 0.1) is 5.82 Å². The van der Waals surface area contributed by atoms with Crippen molar-refractivity contribution >= 4 is 45.4 Å². The number of nitrogens with one attached hydrogen (secondary N) is 1. The van der Waals surface area contributed by atoms with Gasteiger partial charge in [-0.25, -0.2) is 9.18 Å². The Kier molecular flexibility index (Phi) is 7.85. The lowest BCUT2D eigenvalue weighted by atomic mass is 10.1. The van der Waals surface area contributed by atoms with Gasteiger partial charge in [-0.3, -0.25) is 18.8 Å². The van der Waals surface area contributed by atoms with Gasteiger partial charge >= 0.3 is 5.69 Å². The molecular weight excluding hydrogens is 577 g/mol. The Balaban J connectivity index is 1.12. The smallest absolute Gasteiger partial charge is 0.330 e. The summed E-state index contributed by atoms with van der Waals surface area (Å²) >= 11 is -1.01. The number of nitrogens with two attached hydrogens (primary N) is 1. The van der Waals surface area contributed by atoms with E-state index in [-0.39, 0.29) is 23.7 Å². The summed E-state index contributed by atoms with van der Waals surface area (Å²) in [5, 5.41) is 7.18. The predicted molar refractivity (Wildman–Crippen MR) is 162 cm³/mol. The molecule has 1 aliphatic heterocycles.